The average Bonchev–Trinajstić information content (AvgIpc) is 2.63. The maximum absolute atomic E-state index is 12.6. The van der Waals surface area contributed by atoms with Gasteiger partial charge in [-0.05, 0) is 37.8 Å². The summed E-state index contributed by atoms with van der Waals surface area (Å²) in [6.45, 7) is 1.75. The van der Waals surface area contributed by atoms with E-state index >= 15 is 0 Å². The standard InChI is InChI=1S/C17H23NO2S/c1-11(19)15-16(12-7-3-2-4-8-12)21-14-10-6-5-9-13(14)18-17(15)20/h5-6,9-12,15-16,19H,2-4,7-8H2,1H3,(H,18,20)/t11-,15+,16+/m1/s1. The normalized spacial score (nSPS) is 28.4. The highest BCUT2D eigenvalue weighted by molar-refractivity contribution is 8.00. The number of aliphatic hydroxyl groups is 1. The first-order chi connectivity index (χ1) is 10.2. The number of rotatable bonds is 2. The Bertz CT molecular complexity index is 511. The number of fused-ring (bicyclic) bond motifs is 1. The second-order valence-electron chi connectivity index (χ2n) is 6.23. The number of thioether (sulfide) groups is 1. The van der Waals surface area contributed by atoms with Gasteiger partial charge in [-0.25, -0.2) is 0 Å². The first-order valence-electron chi connectivity index (χ1n) is 7.91. The summed E-state index contributed by atoms with van der Waals surface area (Å²) in [4.78, 5) is 13.7. The third-order valence-corrected chi connectivity index (χ3v) is 6.26. The highest BCUT2D eigenvalue weighted by Gasteiger charge is 2.40. The largest absolute Gasteiger partial charge is 0.393 e. The van der Waals surface area contributed by atoms with E-state index in [2.05, 4.69) is 11.4 Å². The monoisotopic (exact) mass is 305 g/mol. The van der Waals surface area contributed by atoms with E-state index in [9.17, 15) is 9.90 Å². The fourth-order valence-corrected chi connectivity index (χ4v) is 5.26. The van der Waals surface area contributed by atoms with Crippen molar-refractivity contribution >= 4 is 23.4 Å². The molecule has 0 unspecified atom stereocenters. The van der Waals surface area contributed by atoms with Gasteiger partial charge in [-0.3, -0.25) is 4.79 Å². The van der Waals surface area contributed by atoms with Crippen LogP contribution in [0.4, 0.5) is 5.69 Å². The topological polar surface area (TPSA) is 49.3 Å². The third kappa shape index (κ3) is 3.11. The van der Waals surface area contributed by atoms with Gasteiger partial charge < -0.3 is 10.4 Å². The predicted molar refractivity (Wildman–Crippen MR) is 86.5 cm³/mol. The van der Waals surface area contributed by atoms with E-state index in [0.717, 1.165) is 10.6 Å². The first kappa shape index (κ1) is 14.9. The molecule has 3 nitrogen and oxygen atoms in total. The van der Waals surface area contributed by atoms with Crippen molar-refractivity contribution in [3.8, 4) is 0 Å². The molecule has 2 N–H and O–H groups in total. The van der Waals surface area contributed by atoms with Crippen LogP contribution in [-0.2, 0) is 4.79 Å². The number of aliphatic hydroxyl groups excluding tert-OH is 1. The number of benzene rings is 1. The van der Waals surface area contributed by atoms with Crippen LogP contribution in [0.2, 0.25) is 0 Å². The van der Waals surface area contributed by atoms with E-state index in [-0.39, 0.29) is 17.1 Å². The van der Waals surface area contributed by atoms with E-state index in [0.29, 0.717) is 5.92 Å². The number of para-hydroxylation sites is 1. The Morgan fingerprint density at radius 2 is 1.95 bits per heavy atom. The van der Waals surface area contributed by atoms with Crippen LogP contribution in [-0.4, -0.2) is 22.4 Å². The molecule has 1 aliphatic carbocycles. The molecule has 1 aliphatic heterocycles. The molecular formula is C17H23NO2S. The van der Waals surface area contributed by atoms with E-state index in [1.807, 2.05) is 18.2 Å². The number of hydrogen-bond acceptors (Lipinski definition) is 3. The molecule has 1 saturated carbocycles. The lowest BCUT2D eigenvalue weighted by molar-refractivity contribution is -0.123. The molecule has 2 aliphatic rings. The van der Waals surface area contributed by atoms with Crippen LogP contribution in [0.1, 0.15) is 39.0 Å². The van der Waals surface area contributed by atoms with Crippen molar-refractivity contribution < 1.29 is 9.90 Å². The van der Waals surface area contributed by atoms with Crippen molar-refractivity contribution in [1.82, 2.24) is 0 Å². The second kappa shape index (κ2) is 6.41. The average molecular weight is 305 g/mol. The van der Waals surface area contributed by atoms with Crippen LogP contribution in [0.15, 0.2) is 29.2 Å². The van der Waals surface area contributed by atoms with Gasteiger partial charge in [-0.2, -0.15) is 0 Å². The van der Waals surface area contributed by atoms with Gasteiger partial charge in [-0.15, -0.1) is 11.8 Å². The van der Waals surface area contributed by atoms with Crippen molar-refractivity contribution in [3.05, 3.63) is 24.3 Å². The Hall–Kier alpha value is -1.00. The Balaban J connectivity index is 1.94. The highest BCUT2D eigenvalue weighted by Crippen LogP contribution is 2.45. The number of carbonyl (C=O) groups excluding carboxylic acids is 1. The maximum Gasteiger partial charge on any atom is 0.231 e. The van der Waals surface area contributed by atoms with Gasteiger partial charge in [-0.1, -0.05) is 31.4 Å². The van der Waals surface area contributed by atoms with Gasteiger partial charge in [0.25, 0.3) is 0 Å². The molecule has 1 heterocycles. The summed E-state index contributed by atoms with van der Waals surface area (Å²) >= 11 is 1.78. The minimum absolute atomic E-state index is 0.0296. The van der Waals surface area contributed by atoms with E-state index < -0.39 is 6.10 Å². The minimum atomic E-state index is -0.612. The summed E-state index contributed by atoms with van der Waals surface area (Å²) in [6, 6.07) is 7.97. The smallest absolute Gasteiger partial charge is 0.231 e. The zero-order chi connectivity index (χ0) is 14.8. The van der Waals surface area contributed by atoms with Crippen LogP contribution in [0.3, 0.4) is 0 Å². The minimum Gasteiger partial charge on any atom is -0.393 e. The highest BCUT2D eigenvalue weighted by atomic mass is 32.2. The summed E-state index contributed by atoms with van der Waals surface area (Å²) < 4.78 is 0. The number of nitrogens with one attached hydrogen (secondary N) is 1. The van der Waals surface area contributed by atoms with Gasteiger partial charge in [0.15, 0.2) is 0 Å². The fraction of sp³-hybridized carbons (Fsp3) is 0.588. The van der Waals surface area contributed by atoms with Crippen LogP contribution < -0.4 is 5.32 Å². The molecule has 1 amide bonds. The first-order valence-corrected chi connectivity index (χ1v) is 8.79. The summed E-state index contributed by atoms with van der Waals surface area (Å²) in [5.41, 5.74) is 0.886. The van der Waals surface area contributed by atoms with Crippen LogP contribution in [0.25, 0.3) is 0 Å². The van der Waals surface area contributed by atoms with Crippen LogP contribution >= 0.6 is 11.8 Å². The summed E-state index contributed by atoms with van der Waals surface area (Å²) in [7, 11) is 0. The quantitative estimate of drug-likeness (QED) is 0.876. The predicted octanol–water partition coefficient (Wildman–Crippen LogP) is 3.68. The zero-order valence-corrected chi connectivity index (χ0v) is 13.2. The Morgan fingerprint density at radius 3 is 2.67 bits per heavy atom. The molecule has 0 bridgehead atoms. The van der Waals surface area contributed by atoms with Gasteiger partial charge >= 0.3 is 0 Å². The van der Waals surface area contributed by atoms with Gasteiger partial charge in [0.1, 0.15) is 0 Å². The van der Waals surface area contributed by atoms with E-state index in [1.54, 1.807) is 18.7 Å². The molecule has 1 aromatic carbocycles. The number of hydrogen-bond donors (Lipinski definition) is 2. The lowest BCUT2D eigenvalue weighted by atomic mass is 9.80. The van der Waals surface area contributed by atoms with Crippen molar-refractivity contribution in [3.63, 3.8) is 0 Å². The van der Waals surface area contributed by atoms with Gasteiger partial charge in [0, 0.05) is 10.1 Å². The molecular weight excluding hydrogens is 282 g/mol. The van der Waals surface area contributed by atoms with E-state index in [4.69, 9.17) is 0 Å². The number of carbonyl (C=O) groups is 1. The zero-order valence-electron chi connectivity index (χ0n) is 12.4. The third-order valence-electron chi connectivity index (χ3n) is 4.70. The summed E-state index contributed by atoms with van der Waals surface area (Å²) in [6.07, 6.45) is 5.54. The molecule has 3 rings (SSSR count). The SMILES string of the molecule is C[C@@H](O)[C@@H]1C(=O)Nc2ccccc2S[C@H]1C1CCCCC1. The Morgan fingerprint density at radius 1 is 1.24 bits per heavy atom. The molecule has 3 atom stereocenters. The van der Waals surface area contributed by atoms with Gasteiger partial charge in [0.2, 0.25) is 5.91 Å². The Labute approximate surface area is 130 Å². The van der Waals surface area contributed by atoms with Crippen molar-refractivity contribution in [2.45, 2.75) is 55.3 Å². The van der Waals surface area contributed by atoms with Crippen molar-refractivity contribution in [2.75, 3.05) is 5.32 Å². The number of amides is 1. The molecule has 4 heteroatoms. The lowest BCUT2D eigenvalue weighted by Gasteiger charge is -2.34. The molecule has 114 valence electrons. The van der Waals surface area contributed by atoms with Crippen LogP contribution in [0, 0.1) is 11.8 Å². The fourth-order valence-electron chi connectivity index (χ4n) is 3.60. The summed E-state index contributed by atoms with van der Waals surface area (Å²) in [5.74, 6) is 0.170. The molecule has 0 spiro atoms. The maximum atomic E-state index is 12.6. The molecule has 0 radical (unpaired) electrons. The molecule has 21 heavy (non-hydrogen) atoms. The molecule has 0 saturated heterocycles. The molecule has 1 fully saturated rings. The number of anilines is 1. The van der Waals surface area contributed by atoms with E-state index in [1.165, 1.54) is 32.1 Å². The van der Waals surface area contributed by atoms with Crippen LogP contribution in [0.5, 0.6) is 0 Å². The van der Waals surface area contributed by atoms with Crippen molar-refractivity contribution in [2.24, 2.45) is 11.8 Å². The summed E-state index contributed by atoms with van der Waals surface area (Å²) in [5, 5.41) is 13.4. The molecule has 0 aromatic heterocycles. The molecule has 1 aromatic rings. The van der Waals surface area contributed by atoms with Crippen molar-refractivity contribution in [1.29, 1.82) is 0 Å². The Kier molecular flexibility index (Phi) is 4.55. The lowest BCUT2D eigenvalue weighted by Crippen LogP contribution is -2.41. The van der Waals surface area contributed by atoms with Gasteiger partial charge in [0.05, 0.1) is 17.7 Å². The second-order valence-corrected chi connectivity index (χ2v) is 7.45.